The number of amides is 1. The molecule has 1 aromatic carbocycles. The van der Waals surface area contributed by atoms with Crippen LogP contribution in [0.3, 0.4) is 0 Å². The lowest BCUT2D eigenvalue weighted by molar-refractivity contribution is -0.123. The van der Waals surface area contributed by atoms with Gasteiger partial charge in [0.15, 0.2) is 5.58 Å². The minimum Gasteiger partial charge on any atom is -0.439 e. The Bertz CT molecular complexity index is 604. The minimum atomic E-state index is -0.211. The Balaban J connectivity index is 1.75. The van der Waals surface area contributed by atoms with E-state index in [1.807, 2.05) is 31.2 Å². The zero-order valence-corrected chi connectivity index (χ0v) is 12.2. The summed E-state index contributed by atoms with van der Waals surface area (Å²) in [6.07, 6.45) is 4.04. The normalized spacial score (nSPS) is 24.0. The largest absolute Gasteiger partial charge is 0.439 e. The van der Waals surface area contributed by atoms with Crippen LogP contribution in [0.25, 0.3) is 11.1 Å². The van der Waals surface area contributed by atoms with Crippen molar-refractivity contribution < 1.29 is 9.21 Å². The Kier molecular flexibility index (Phi) is 3.92. The molecule has 1 aliphatic carbocycles. The number of hydrogen-bond acceptors (Lipinski definition) is 4. The molecule has 1 amide bonds. The third-order valence-electron chi connectivity index (χ3n) is 4.28. The highest BCUT2D eigenvalue weighted by atomic mass is 16.3. The number of nitrogens with zero attached hydrogens (tertiary/aromatic N) is 1. The first kappa shape index (κ1) is 14.1. The SMILES string of the molecule is C[C@H](N[C@H]1CCCC[C@H]1C(N)=O)c1nc2ccccc2o1. The highest BCUT2D eigenvalue weighted by Crippen LogP contribution is 2.27. The van der Waals surface area contributed by atoms with Crippen molar-refractivity contribution >= 4 is 17.0 Å². The van der Waals surface area contributed by atoms with Crippen molar-refractivity contribution in [2.24, 2.45) is 11.7 Å². The molecule has 1 aliphatic rings. The van der Waals surface area contributed by atoms with E-state index in [4.69, 9.17) is 10.2 Å². The van der Waals surface area contributed by atoms with Crippen molar-refractivity contribution in [3.05, 3.63) is 30.2 Å². The molecule has 3 rings (SSSR count). The maximum absolute atomic E-state index is 11.6. The molecule has 1 aromatic heterocycles. The molecular formula is C16H21N3O2. The quantitative estimate of drug-likeness (QED) is 0.905. The molecule has 0 saturated heterocycles. The second-order valence-corrected chi connectivity index (χ2v) is 5.81. The lowest BCUT2D eigenvalue weighted by atomic mass is 9.83. The third kappa shape index (κ3) is 2.93. The van der Waals surface area contributed by atoms with Crippen molar-refractivity contribution in [1.29, 1.82) is 0 Å². The average molecular weight is 287 g/mol. The first-order chi connectivity index (χ1) is 10.1. The van der Waals surface area contributed by atoms with Gasteiger partial charge in [0.05, 0.1) is 12.0 Å². The summed E-state index contributed by atoms with van der Waals surface area (Å²) in [6.45, 7) is 2.01. The summed E-state index contributed by atoms with van der Waals surface area (Å²) >= 11 is 0. The van der Waals surface area contributed by atoms with Gasteiger partial charge in [0, 0.05) is 6.04 Å². The van der Waals surface area contributed by atoms with E-state index in [0.717, 1.165) is 36.8 Å². The second kappa shape index (κ2) is 5.85. The van der Waals surface area contributed by atoms with Gasteiger partial charge in [-0.15, -0.1) is 0 Å². The number of para-hydroxylation sites is 2. The number of hydrogen-bond donors (Lipinski definition) is 2. The number of nitrogens with one attached hydrogen (secondary N) is 1. The summed E-state index contributed by atoms with van der Waals surface area (Å²) in [5, 5.41) is 3.47. The molecular weight excluding hydrogens is 266 g/mol. The number of nitrogens with two attached hydrogens (primary N) is 1. The predicted octanol–water partition coefficient (Wildman–Crippen LogP) is 2.52. The number of fused-ring (bicyclic) bond motifs is 1. The molecule has 0 unspecified atom stereocenters. The van der Waals surface area contributed by atoms with Crippen LogP contribution < -0.4 is 11.1 Å². The van der Waals surface area contributed by atoms with Gasteiger partial charge in [-0.1, -0.05) is 25.0 Å². The summed E-state index contributed by atoms with van der Waals surface area (Å²) in [5.74, 6) is 0.354. The Morgan fingerprint density at radius 3 is 2.90 bits per heavy atom. The monoisotopic (exact) mass is 287 g/mol. The second-order valence-electron chi connectivity index (χ2n) is 5.81. The van der Waals surface area contributed by atoms with E-state index in [2.05, 4.69) is 10.3 Å². The molecule has 0 bridgehead atoms. The fraction of sp³-hybridized carbons (Fsp3) is 0.500. The Morgan fingerprint density at radius 1 is 1.38 bits per heavy atom. The first-order valence-corrected chi connectivity index (χ1v) is 7.56. The summed E-state index contributed by atoms with van der Waals surface area (Å²) in [5.41, 5.74) is 7.16. The van der Waals surface area contributed by atoms with Crippen LogP contribution in [0.15, 0.2) is 28.7 Å². The van der Waals surface area contributed by atoms with Gasteiger partial charge in [-0.3, -0.25) is 4.79 Å². The fourth-order valence-electron chi connectivity index (χ4n) is 3.14. The highest BCUT2D eigenvalue weighted by Gasteiger charge is 2.31. The molecule has 1 heterocycles. The van der Waals surface area contributed by atoms with Crippen molar-refractivity contribution in [2.45, 2.75) is 44.7 Å². The summed E-state index contributed by atoms with van der Waals surface area (Å²) in [6, 6.07) is 7.78. The fourth-order valence-corrected chi connectivity index (χ4v) is 3.14. The Hall–Kier alpha value is -1.88. The topological polar surface area (TPSA) is 81.1 Å². The van der Waals surface area contributed by atoms with E-state index in [0.29, 0.717) is 5.89 Å². The molecule has 3 atom stereocenters. The van der Waals surface area contributed by atoms with Gasteiger partial charge in [-0.2, -0.15) is 0 Å². The zero-order valence-electron chi connectivity index (χ0n) is 12.2. The number of benzene rings is 1. The number of primary amides is 1. The maximum Gasteiger partial charge on any atom is 0.222 e. The highest BCUT2D eigenvalue weighted by molar-refractivity contribution is 5.77. The van der Waals surface area contributed by atoms with E-state index in [1.165, 1.54) is 0 Å². The average Bonchev–Trinajstić information content (AvgIpc) is 2.91. The van der Waals surface area contributed by atoms with E-state index < -0.39 is 0 Å². The van der Waals surface area contributed by atoms with Crippen LogP contribution in [0, 0.1) is 5.92 Å². The first-order valence-electron chi connectivity index (χ1n) is 7.56. The van der Waals surface area contributed by atoms with Crippen molar-refractivity contribution in [3.8, 4) is 0 Å². The van der Waals surface area contributed by atoms with Crippen LogP contribution in [0.5, 0.6) is 0 Å². The van der Waals surface area contributed by atoms with E-state index in [9.17, 15) is 4.79 Å². The van der Waals surface area contributed by atoms with Crippen molar-refractivity contribution in [3.63, 3.8) is 0 Å². The van der Waals surface area contributed by atoms with E-state index in [1.54, 1.807) is 0 Å². The molecule has 3 N–H and O–H groups in total. The number of oxazole rings is 1. The molecule has 21 heavy (non-hydrogen) atoms. The third-order valence-corrected chi connectivity index (χ3v) is 4.28. The van der Waals surface area contributed by atoms with E-state index in [-0.39, 0.29) is 23.9 Å². The predicted molar refractivity (Wildman–Crippen MR) is 80.5 cm³/mol. The molecule has 0 spiro atoms. The van der Waals surface area contributed by atoms with Crippen LogP contribution >= 0.6 is 0 Å². The number of rotatable bonds is 4. The lowest BCUT2D eigenvalue weighted by Crippen LogP contribution is -2.45. The molecule has 5 nitrogen and oxygen atoms in total. The standard InChI is InChI=1S/C16H21N3O2/c1-10(16-19-13-8-4-5-9-14(13)21-16)18-12-7-3-2-6-11(12)15(17)20/h4-5,8-12,18H,2-3,6-7H2,1H3,(H2,17,20)/t10-,11+,12-/m0/s1. The zero-order chi connectivity index (χ0) is 14.8. The number of aromatic nitrogens is 1. The van der Waals surface area contributed by atoms with Gasteiger partial charge in [0.2, 0.25) is 11.8 Å². The summed E-state index contributed by atoms with van der Waals surface area (Å²) in [4.78, 5) is 16.1. The minimum absolute atomic E-state index is 0.0395. The van der Waals surface area contributed by atoms with Crippen LogP contribution in [0.2, 0.25) is 0 Å². The molecule has 2 aromatic rings. The smallest absolute Gasteiger partial charge is 0.222 e. The van der Waals surface area contributed by atoms with Gasteiger partial charge in [-0.05, 0) is 31.9 Å². The number of carbonyl (C=O) groups excluding carboxylic acids is 1. The van der Waals surface area contributed by atoms with Crippen LogP contribution in [-0.4, -0.2) is 16.9 Å². The van der Waals surface area contributed by atoms with E-state index >= 15 is 0 Å². The molecule has 112 valence electrons. The molecule has 5 heteroatoms. The lowest BCUT2D eigenvalue weighted by Gasteiger charge is -2.31. The van der Waals surface area contributed by atoms with Crippen LogP contribution in [0.1, 0.15) is 44.5 Å². The summed E-state index contributed by atoms with van der Waals surface area (Å²) in [7, 11) is 0. The molecule has 0 radical (unpaired) electrons. The van der Waals surface area contributed by atoms with Gasteiger partial charge >= 0.3 is 0 Å². The molecule has 1 fully saturated rings. The Morgan fingerprint density at radius 2 is 2.14 bits per heavy atom. The summed E-state index contributed by atoms with van der Waals surface area (Å²) < 4.78 is 5.78. The van der Waals surface area contributed by atoms with Crippen molar-refractivity contribution in [2.75, 3.05) is 0 Å². The van der Waals surface area contributed by atoms with Gasteiger partial charge in [0.25, 0.3) is 0 Å². The van der Waals surface area contributed by atoms with Crippen LogP contribution in [-0.2, 0) is 4.79 Å². The molecule has 0 aliphatic heterocycles. The molecule has 1 saturated carbocycles. The number of carbonyl (C=O) groups is 1. The maximum atomic E-state index is 11.6. The van der Waals surface area contributed by atoms with Gasteiger partial charge in [-0.25, -0.2) is 4.98 Å². The van der Waals surface area contributed by atoms with Crippen LogP contribution in [0.4, 0.5) is 0 Å². The van der Waals surface area contributed by atoms with Gasteiger partial charge in [0.1, 0.15) is 5.52 Å². The van der Waals surface area contributed by atoms with Gasteiger partial charge < -0.3 is 15.5 Å². The van der Waals surface area contributed by atoms with Crippen molar-refractivity contribution in [1.82, 2.24) is 10.3 Å². The Labute approximate surface area is 123 Å².